The number of sulfonamides is 1. The first-order chi connectivity index (χ1) is 18.1. The molecule has 0 radical (unpaired) electrons. The van der Waals surface area contributed by atoms with E-state index in [0.717, 1.165) is 44.1 Å². The van der Waals surface area contributed by atoms with Crippen molar-refractivity contribution in [2.75, 3.05) is 31.2 Å². The van der Waals surface area contributed by atoms with Crippen molar-refractivity contribution in [2.45, 2.75) is 56.5 Å². The third kappa shape index (κ3) is 5.97. The first kappa shape index (κ1) is 27.6. The Bertz CT molecular complexity index is 1280. The minimum atomic E-state index is -3.20. The predicted octanol–water partition coefficient (Wildman–Crippen LogP) is 4.86. The number of carbonyl (C=O) groups is 1. The van der Waals surface area contributed by atoms with Crippen molar-refractivity contribution in [2.24, 2.45) is 17.6 Å². The summed E-state index contributed by atoms with van der Waals surface area (Å²) in [4.78, 5) is 19.6. The fraction of sp³-hybridized carbons (Fsp3) is 0.556. The summed E-state index contributed by atoms with van der Waals surface area (Å²) in [6, 6.07) is 11.7. The van der Waals surface area contributed by atoms with E-state index in [1.54, 1.807) is 12.1 Å². The number of nitrogens with zero attached hydrogens (tertiary/aromatic N) is 3. The normalized spacial score (nSPS) is 26.0. The minimum absolute atomic E-state index is 0.106. The molecule has 2 heterocycles. The van der Waals surface area contributed by atoms with Gasteiger partial charge in [0, 0.05) is 37.9 Å². The smallest absolute Gasteiger partial charge is 0.322 e. The Balaban J connectivity index is 1.31. The van der Waals surface area contributed by atoms with E-state index in [2.05, 4.69) is 34.6 Å². The van der Waals surface area contributed by atoms with Gasteiger partial charge in [-0.25, -0.2) is 22.5 Å². The number of aromatic nitrogens is 1. The molecule has 1 saturated heterocycles. The molecule has 1 aromatic heterocycles. The number of anilines is 1. The van der Waals surface area contributed by atoms with Crippen LogP contribution in [0.4, 0.5) is 10.5 Å². The van der Waals surface area contributed by atoms with Crippen LogP contribution in [0.5, 0.6) is 0 Å². The molecule has 0 bridgehead atoms. The first-order valence-corrected chi connectivity index (χ1v) is 15.8. The van der Waals surface area contributed by atoms with Gasteiger partial charge in [-0.05, 0) is 79.0 Å². The highest BCUT2D eigenvalue weighted by Gasteiger charge is 2.58. The summed E-state index contributed by atoms with van der Waals surface area (Å²) in [5, 5.41) is 3.42. The van der Waals surface area contributed by atoms with E-state index in [1.807, 2.05) is 4.90 Å². The van der Waals surface area contributed by atoms with Crippen molar-refractivity contribution in [3.05, 3.63) is 57.8 Å². The van der Waals surface area contributed by atoms with Crippen LogP contribution in [0.3, 0.4) is 0 Å². The number of nitrogens with one attached hydrogen (secondary N) is 1. The van der Waals surface area contributed by atoms with Crippen LogP contribution in [0, 0.1) is 11.8 Å². The summed E-state index contributed by atoms with van der Waals surface area (Å²) in [6.45, 7) is 2.10. The molecule has 1 aliphatic heterocycles. The van der Waals surface area contributed by atoms with E-state index >= 15 is 0 Å². The van der Waals surface area contributed by atoms with Crippen molar-refractivity contribution in [3.8, 4) is 0 Å². The maximum absolute atomic E-state index is 13.7. The third-order valence-electron chi connectivity index (χ3n) is 8.66. The maximum Gasteiger partial charge on any atom is 0.322 e. The van der Waals surface area contributed by atoms with Gasteiger partial charge in [0.25, 0.3) is 0 Å². The van der Waals surface area contributed by atoms with Crippen LogP contribution < -0.4 is 11.1 Å². The van der Waals surface area contributed by atoms with Gasteiger partial charge in [0.05, 0.1) is 6.26 Å². The summed E-state index contributed by atoms with van der Waals surface area (Å²) in [5.74, 6) is 0.761. The van der Waals surface area contributed by atoms with Gasteiger partial charge in [0.1, 0.15) is 10.3 Å². The lowest BCUT2D eigenvalue weighted by atomic mass is 9.79. The Labute approximate surface area is 234 Å². The van der Waals surface area contributed by atoms with Crippen molar-refractivity contribution in [3.63, 3.8) is 0 Å². The van der Waals surface area contributed by atoms with Gasteiger partial charge in [-0.2, -0.15) is 0 Å². The van der Waals surface area contributed by atoms with Crippen LogP contribution >= 0.6 is 23.2 Å². The van der Waals surface area contributed by atoms with Gasteiger partial charge in [0.15, 0.2) is 0 Å². The molecule has 1 unspecified atom stereocenters. The van der Waals surface area contributed by atoms with Crippen LogP contribution in [0.25, 0.3) is 0 Å². The van der Waals surface area contributed by atoms with E-state index in [-0.39, 0.29) is 33.7 Å². The van der Waals surface area contributed by atoms with Crippen LogP contribution in [0.1, 0.15) is 49.7 Å². The Kier molecular flexibility index (Phi) is 7.95. The van der Waals surface area contributed by atoms with Gasteiger partial charge >= 0.3 is 6.03 Å². The zero-order valence-electron chi connectivity index (χ0n) is 21.6. The number of hydrogen-bond donors (Lipinski definition) is 2. The quantitative estimate of drug-likeness (QED) is 0.455. The average molecular weight is 581 g/mol. The van der Waals surface area contributed by atoms with E-state index in [4.69, 9.17) is 28.9 Å². The highest BCUT2D eigenvalue weighted by atomic mass is 35.5. The lowest BCUT2D eigenvalue weighted by molar-refractivity contribution is 0.132. The molecule has 2 saturated carbocycles. The monoisotopic (exact) mass is 579 g/mol. The molecule has 1 aromatic carbocycles. The van der Waals surface area contributed by atoms with E-state index in [1.165, 1.54) is 16.1 Å². The fourth-order valence-corrected chi connectivity index (χ4v) is 7.82. The van der Waals surface area contributed by atoms with Crippen LogP contribution in [0.2, 0.25) is 10.3 Å². The molecule has 2 amide bonds. The van der Waals surface area contributed by atoms with Gasteiger partial charge in [-0.3, -0.25) is 0 Å². The molecular formula is C27H35Cl2N5O3S. The Morgan fingerprint density at radius 1 is 1.18 bits per heavy atom. The fourth-order valence-electron chi connectivity index (χ4n) is 6.49. The topological polar surface area (TPSA) is 109 Å². The van der Waals surface area contributed by atoms with Crippen LogP contribution in [-0.2, 0) is 22.0 Å². The summed E-state index contributed by atoms with van der Waals surface area (Å²) in [5.41, 5.74) is 9.12. The van der Waals surface area contributed by atoms with Crippen molar-refractivity contribution < 1.29 is 13.2 Å². The molecule has 2 aliphatic carbocycles. The van der Waals surface area contributed by atoms with Gasteiger partial charge in [-0.1, -0.05) is 47.5 Å². The Morgan fingerprint density at radius 3 is 2.53 bits per heavy atom. The SMILES string of the molecule is CS(=O)(=O)N1CCC(CN(C(=O)Nc2cc(Cl)nc(Cl)c2)[C@@H]2CC[C@]3(c4cccc(CN)c4)CC3C2)CC1. The number of urea groups is 1. The molecule has 8 nitrogen and oxygen atoms in total. The number of amides is 2. The second-order valence-electron chi connectivity index (χ2n) is 11.1. The standard InChI is InChI=1S/C27H35Cl2N5O3S/c1-38(36,37)33-9-6-18(7-10-33)17-34(26(35)31-22-13-24(28)32-25(29)14-22)23-5-8-27(15-21(27)12-23)20-4-2-3-19(11-20)16-30/h2-4,11,13-14,18,21,23H,5-10,12,15-17,30H2,1H3,(H,31,32,35)/t21?,23-,27-/m1/s1. The molecule has 3 atom stereocenters. The van der Waals surface area contributed by atoms with Gasteiger partial charge in [-0.15, -0.1) is 0 Å². The zero-order chi connectivity index (χ0) is 27.1. The Morgan fingerprint density at radius 2 is 1.89 bits per heavy atom. The molecule has 3 fully saturated rings. The number of fused-ring (bicyclic) bond motifs is 1. The molecule has 2 aromatic rings. The predicted molar refractivity (Wildman–Crippen MR) is 151 cm³/mol. The van der Waals surface area contributed by atoms with E-state index in [9.17, 15) is 13.2 Å². The lowest BCUT2D eigenvalue weighted by Crippen LogP contribution is -2.49. The van der Waals surface area contributed by atoms with Crippen molar-refractivity contribution in [1.29, 1.82) is 0 Å². The number of benzene rings is 1. The minimum Gasteiger partial charge on any atom is -0.326 e. The van der Waals surface area contributed by atoms with Gasteiger partial charge in [0.2, 0.25) is 10.0 Å². The summed E-state index contributed by atoms with van der Waals surface area (Å²) in [7, 11) is -3.20. The summed E-state index contributed by atoms with van der Waals surface area (Å²) in [6.07, 6.45) is 6.74. The molecule has 206 valence electrons. The van der Waals surface area contributed by atoms with E-state index < -0.39 is 10.0 Å². The first-order valence-electron chi connectivity index (χ1n) is 13.2. The molecule has 38 heavy (non-hydrogen) atoms. The zero-order valence-corrected chi connectivity index (χ0v) is 23.9. The number of piperidine rings is 1. The largest absolute Gasteiger partial charge is 0.326 e. The number of carbonyl (C=O) groups excluding carboxylic acids is 1. The molecular weight excluding hydrogens is 545 g/mol. The summed E-state index contributed by atoms with van der Waals surface area (Å²) < 4.78 is 25.5. The highest BCUT2D eigenvalue weighted by molar-refractivity contribution is 7.88. The number of hydrogen-bond acceptors (Lipinski definition) is 5. The average Bonchev–Trinajstić information content (AvgIpc) is 3.61. The van der Waals surface area contributed by atoms with E-state index in [0.29, 0.717) is 37.8 Å². The molecule has 0 spiro atoms. The lowest BCUT2D eigenvalue weighted by Gasteiger charge is -2.40. The number of pyridine rings is 1. The Hall–Kier alpha value is -1.91. The number of halogens is 2. The highest BCUT2D eigenvalue weighted by Crippen LogP contribution is 2.63. The van der Waals surface area contributed by atoms with Crippen molar-refractivity contribution in [1.82, 2.24) is 14.2 Å². The molecule has 3 aliphatic rings. The third-order valence-corrected chi connectivity index (χ3v) is 10.4. The summed E-state index contributed by atoms with van der Waals surface area (Å²) >= 11 is 12.1. The molecule has 3 N–H and O–H groups in total. The maximum atomic E-state index is 13.7. The number of nitrogens with two attached hydrogens (primary N) is 1. The molecule has 5 rings (SSSR count). The van der Waals surface area contributed by atoms with Crippen LogP contribution in [-0.4, -0.2) is 60.6 Å². The van der Waals surface area contributed by atoms with Crippen molar-refractivity contribution >= 4 is 44.9 Å². The second-order valence-corrected chi connectivity index (χ2v) is 13.8. The van der Waals surface area contributed by atoms with Gasteiger partial charge < -0.3 is 16.0 Å². The second kappa shape index (κ2) is 10.9. The van der Waals surface area contributed by atoms with Crippen LogP contribution in [0.15, 0.2) is 36.4 Å². The molecule has 11 heteroatoms. The number of rotatable bonds is 7.